The number of thiophene rings is 4. The minimum absolute atomic E-state index is 0.00990. The molecule has 34 heteroatoms. The van der Waals surface area contributed by atoms with Crippen LogP contribution in [0.15, 0.2) is 69.2 Å². The molecule has 652 valence electrons. The highest BCUT2D eigenvalue weighted by molar-refractivity contribution is 7.99. The molecule has 2 aliphatic rings. The number of esters is 2. The number of azide groups is 1. The largest absolute Gasteiger partial charge is 0.481 e. The van der Waals surface area contributed by atoms with E-state index in [1.807, 2.05) is 6.20 Å². The number of carboxylic acids is 2. The molecule has 0 aromatic carbocycles. The number of aryl methyl sites for hydroxylation is 5. The van der Waals surface area contributed by atoms with Gasteiger partial charge in [0.25, 0.3) is 0 Å². The summed E-state index contributed by atoms with van der Waals surface area (Å²) in [4.78, 5) is 111. The van der Waals surface area contributed by atoms with Crippen molar-refractivity contribution in [3.63, 3.8) is 0 Å². The molecule has 2 fully saturated rings. The smallest absolute Gasteiger partial charge is 0.310 e. The molecule has 4 amide bonds. The number of aliphatic carboxylic acids is 2. The van der Waals surface area contributed by atoms with Crippen LogP contribution >= 0.6 is 68.9 Å². The monoisotopic (exact) mass is 1750 g/mol. The molecule has 7 heterocycles. The van der Waals surface area contributed by atoms with Gasteiger partial charge in [-0.05, 0) is 172 Å². The lowest BCUT2D eigenvalue weighted by Crippen LogP contribution is -2.40. The van der Waals surface area contributed by atoms with Gasteiger partial charge in [-0.15, -0.1) is 62.8 Å². The van der Waals surface area contributed by atoms with E-state index in [0.29, 0.717) is 180 Å². The molecule has 2 atom stereocenters. The molecule has 5 aromatic rings. The van der Waals surface area contributed by atoms with Gasteiger partial charge in [0.1, 0.15) is 13.2 Å². The highest BCUT2D eigenvalue weighted by Crippen LogP contribution is 2.37. The normalized spacial score (nSPS) is 13.9. The van der Waals surface area contributed by atoms with Gasteiger partial charge in [-0.2, -0.15) is 23.5 Å². The van der Waals surface area contributed by atoms with E-state index in [-0.39, 0.29) is 73.5 Å². The predicted molar refractivity (Wildman–Crippen MR) is 472 cm³/mol. The zero-order valence-corrected chi connectivity index (χ0v) is 74.6. The maximum atomic E-state index is 12.9. The van der Waals surface area contributed by atoms with Crippen LogP contribution in [0.5, 0.6) is 0 Å². The van der Waals surface area contributed by atoms with Crippen LogP contribution < -0.4 is 10.6 Å². The summed E-state index contributed by atoms with van der Waals surface area (Å²) in [5.41, 5.74) is 16.9. The van der Waals surface area contributed by atoms with Crippen LogP contribution in [0.3, 0.4) is 0 Å². The van der Waals surface area contributed by atoms with Crippen molar-refractivity contribution >= 4 is 128 Å². The van der Waals surface area contributed by atoms with Crippen LogP contribution in [0.4, 0.5) is 0 Å². The van der Waals surface area contributed by atoms with Gasteiger partial charge < -0.3 is 68.9 Å². The Morgan fingerprint density at radius 2 is 1.02 bits per heavy atom. The number of nitrogens with zero attached hydrogens (tertiary/aromatic N) is 10. The Hall–Kier alpha value is -7.49. The third kappa shape index (κ3) is 42.1. The molecular formula is C84H124N12O16S6. The summed E-state index contributed by atoms with van der Waals surface area (Å²) in [6, 6.07) is 8.74. The molecule has 0 unspecified atom stereocenters. The Labute approximate surface area is 721 Å². The highest BCUT2D eigenvalue weighted by Gasteiger charge is 2.29. The third-order valence-corrected chi connectivity index (χ3v) is 25.2. The first-order valence-corrected chi connectivity index (χ1v) is 46.8. The standard InChI is InChI=1S/C42H62N6O8S3.C26H36N4O4S2.C16H26N2O4S/c1-4-38(50)47(20-29-57-26-14-39(51)52)18-15-43-37(49)11-5-9-35-31-48(45-44-35)19-21-54-22-23-55-24-25-56-42(53)34-8-6-16-46(30-34)17-7-10-36(40-32(2)12-27-58-40)41-33(3)13-28-59-41;1-20-7-17-35-24(20)23(25-21(2)8-18-36-25)6-4-11-30-10-3-5-22(19-30)26(31)34-16-15-33-14-13-32-12-9-28-29-27;1-3-5-6-7-14(19)17-9-10-18(15(20)4-2)11-13-23-12-8-16(21)22/h10,12-13,27-28,31,34H,4-9,11,14-26,29-30H2,1-3H3,(H,43,49)(H,51,52);6-8,17-18,22H,3-5,9-16,19H2,1-2H3;1H,4-13H2,2H3,(H,17,19)(H,21,22)/t34-;22-;/m11./s1. The van der Waals surface area contributed by atoms with Crippen LogP contribution in [0, 0.1) is 51.9 Å². The minimum Gasteiger partial charge on any atom is -0.481 e. The van der Waals surface area contributed by atoms with Crippen LogP contribution in [0.1, 0.15) is 158 Å². The van der Waals surface area contributed by atoms with E-state index in [4.69, 9.17) is 50.6 Å². The molecule has 4 N–H and O–H groups in total. The summed E-state index contributed by atoms with van der Waals surface area (Å²) in [5, 5.41) is 43.4. The van der Waals surface area contributed by atoms with E-state index in [9.17, 15) is 38.4 Å². The number of terminal acetylenes is 1. The first-order chi connectivity index (χ1) is 57.2. The number of carbonyl (C=O) groups is 8. The first-order valence-electron chi connectivity index (χ1n) is 40.9. The fourth-order valence-corrected chi connectivity index (χ4v) is 18.4. The number of rotatable bonds is 57. The molecule has 5 aromatic heterocycles. The number of amides is 4. The second kappa shape index (κ2) is 61.7. The van der Waals surface area contributed by atoms with Crippen molar-refractivity contribution in [2.24, 2.45) is 17.0 Å². The summed E-state index contributed by atoms with van der Waals surface area (Å²) in [6.07, 6.45) is 21.6. The number of ether oxygens (including phenoxy) is 6. The van der Waals surface area contributed by atoms with Crippen molar-refractivity contribution in [1.29, 1.82) is 0 Å². The number of likely N-dealkylation sites (tertiary alicyclic amines) is 2. The van der Waals surface area contributed by atoms with Crippen LogP contribution in [-0.4, -0.2) is 266 Å². The maximum absolute atomic E-state index is 12.9. The average molecular weight is 1750 g/mol. The van der Waals surface area contributed by atoms with E-state index in [1.54, 1.807) is 73.7 Å². The molecule has 0 aliphatic carbocycles. The molecule has 0 spiro atoms. The van der Waals surface area contributed by atoms with Gasteiger partial charge in [0.05, 0.1) is 89.8 Å². The van der Waals surface area contributed by atoms with Gasteiger partial charge in [-0.1, -0.05) is 36.3 Å². The van der Waals surface area contributed by atoms with Crippen molar-refractivity contribution in [2.75, 3.05) is 174 Å². The Kier molecular flexibility index (Phi) is 52.9. The molecule has 0 radical (unpaired) electrons. The van der Waals surface area contributed by atoms with E-state index in [1.165, 1.54) is 76.4 Å². The van der Waals surface area contributed by atoms with Gasteiger partial charge in [-0.25, -0.2) is 4.68 Å². The summed E-state index contributed by atoms with van der Waals surface area (Å²) in [5.74, 6) is 2.67. The van der Waals surface area contributed by atoms with Crippen LogP contribution in [-0.2, 0) is 79.7 Å². The van der Waals surface area contributed by atoms with E-state index < -0.39 is 11.9 Å². The number of aromatic nitrogens is 3. The molecule has 0 saturated carbocycles. The van der Waals surface area contributed by atoms with Crippen molar-refractivity contribution in [3.8, 4) is 12.3 Å². The summed E-state index contributed by atoms with van der Waals surface area (Å²) >= 11 is 10.2. The van der Waals surface area contributed by atoms with Gasteiger partial charge in [0.15, 0.2) is 0 Å². The molecule has 28 nitrogen and oxygen atoms in total. The summed E-state index contributed by atoms with van der Waals surface area (Å²) in [7, 11) is 0. The molecular weight excluding hydrogens is 1630 g/mol. The number of thioether (sulfide) groups is 2. The lowest BCUT2D eigenvalue weighted by molar-refractivity contribution is -0.153. The van der Waals surface area contributed by atoms with E-state index >= 15 is 0 Å². The van der Waals surface area contributed by atoms with E-state index in [0.717, 1.165) is 83.5 Å². The van der Waals surface area contributed by atoms with Gasteiger partial charge in [0, 0.05) is 169 Å². The second-order valence-corrected chi connectivity index (χ2v) is 34.2. The molecule has 118 heavy (non-hydrogen) atoms. The zero-order valence-electron chi connectivity index (χ0n) is 69.7. The summed E-state index contributed by atoms with van der Waals surface area (Å²) < 4.78 is 34.8. The Balaban J connectivity index is 0.000000355. The molecule has 2 saturated heterocycles. The van der Waals surface area contributed by atoms with Crippen LogP contribution in [0.2, 0.25) is 0 Å². The number of carboxylic acid groups (broad SMARTS) is 2. The Bertz CT molecular complexity index is 3840. The van der Waals surface area contributed by atoms with Crippen molar-refractivity contribution in [1.82, 2.24) is 45.2 Å². The van der Waals surface area contributed by atoms with Gasteiger partial charge in [-0.3, -0.25) is 38.4 Å². The molecule has 2 aliphatic heterocycles. The first kappa shape index (κ1) is 101. The topological polar surface area (TPSA) is 349 Å². The second-order valence-electron chi connectivity index (χ2n) is 28.1. The SMILES string of the molecule is C#CCCCC(=O)NCCN(CCSCCC(=O)O)C(=O)CC.CCC(=O)N(CCNC(=O)CCCc1cn(CCOCCOCCOC(=O)[C@@H]2CCCN(CCC=C(c3sccc3C)c3sccc3C)C2)nn1)CCSCCC(=O)O.Cc1ccsc1C(=CCCN1CCC[C@@H](C(=O)OCCOCCOCCN=[N+]=[N-])C1)c1sccc1C. The Morgan fingerprint density at radius 1 is 0.593 bits per heavy atom. The lowest BCUT2D eigenvalue weighted by Gasteiger charge is -2.31. The number of hydrogen-bond donors (Lipinski definition) is 4. The van der Waals surface area contributed by atoms with Gasteiger partial charge in [0.2, 0.25) is 23.6 Å². The molecule has 7 rings (SSSR count). The number of carbonyl (C=O) groups excluding carboxylic acids is 6. The van der Waals surface area contributed by atoms with Crippen molar-refractivity contribution in [3.05, 3.63) is 122 Å². The number of hydrogen-bond acceptors (Lipinski definition) is 25. The fourth-order valence-electron chi connectivity index (χ4n) is 12.7. The maximum Gasteiger partial charge on any atom is 0.310 e. The quantitative estimate of drug-likeness (QED) is 0.00701. The number of piperidine rings is 2. The summed E-state index contributed by atoms with van der Waals surface area (Å²) in [6.45, 7) is 24.8. The van der Waals surface area contributed by atoms with E-state index in [2.05, 4.69) is 132 Å². The number of unbranched alkanes of at least 4 members (excludes halogenated alkanes) is 1. The lowest BCUT2D eigenvalue weighted by atomic mass is 9.98. The minimum atomic E-state index is -0.829. The predicted octanol–water partition coefficient (Wildman–Crippen LogP) is 12.9. The third-order valence-electron chi connectivity index (χ3n) is 19.0. The highest BCUT2D eigenvalue weighted by atomic mass is 32.2. The van der Waals surface area contributed by atoms with Gasteiger partial charge >= 0.3 is 23.9 Å². The fraction of sp³-hybridized carbons (Fsp3) is 0.619. The zero-order chi connectivity index (χ0) is 85.3. The number of nitrogens with one attached hydrogen (secondary N) is 2. The molecule has 0 bridgehead atoms. The van der Waals surface area contributed by atoms with Crippen molar-refractivity contribution in [2.45, 2.75) is 151 Å². The van der Waals surface area contributed by atoms with Crippen molar-refractivity contribution < 1.29 is 77.0 Å². The Morgan fingerprint density at radius 3 is 1.42 bits per heavy atom. The average Bonchev–Trinajstić information content (AvgIpc) is 1.69. The van der Waals surface area contributed by atoms with Crippen LogP contribution in [0.25, 0.3) is 21.6 Å².